The van der Waals surface area contributed by atoms with Gasteiger partial charge in [0.05, 0.1) is 75.8 Å². The maximum atomic E-state index is 14.5. The average Bonchev–Trinajstić information content (AvgIpc) is 1.70. The summed E-state index contributed by atoms with van der Waals surface area (Å²) in [5.74, 6) is -10.1. The zero-order chi connectivity index (χ0) is 83.0. The third-order valence-corrected chi connectivity index (χ3v) is 20.0. The van der Waals surface area contributed by atoms with E-state index in [9.17, 15) is 43.8 Å². The number of rotatable bonds is 35. The van der Waals surface area contributed by atoms with Gasteiger partial charge < -0.3 is 62.8 Å². The van der Waals surface area contributed by atoms with Crippen molar-refractivity contribution in [3.05, 3.63) is 258 Å². The summed E-state index contributed by atoms with van der Waals surface area (Å²) in [6, 6.07) is 22.9. The zero-order valence-electron chi connectivity index (χ0n) is 67.4. The molecule has 0 radical (unpaired) electrons. The Morgan fingerprint density at radius 2 is 0.770 bits per heavy atom. The normalized spacial score (nSPS) is 19.9. The topological polar surface area (TPSA) is 324 Å². The number of benzene rings is 4. The van der Waals surface area contributed by atoms with Crippen LogP contribution in [0.25, 0.3) is 16.7 Å². The van der Waals surface area contributed by atoms with Gasteiger partial charge in [-0.05, 0) is 148 Å². The summed E-state index contributed by atoms with van der Waals surface area (Å²) in [5.41, 5.74) is 29.4. The highest BCUT2D eigenvalue weighted by Gasteiger charge is 2.52. The molecule has 4 aliphatic carbocycles. The maximum Gasteiger partial charge on any atom is 0.310 e. The number of allylic oxidation sites excluding steroid dienone is 14. The lowest BCUT2D eigenvalue weighted by Crippen LogP contribution is -2.22. The number of amides is 4. The second-order valence-corrected chi connectivity index (χ2v) is 33.2. The molecule has 20 heteroatoms. The summed E-state index contributed by atoms with van der Waals surface area (Å²) in [7, 11) is 0. The fraction of sp³-hybridized carbons (Fsp3) is 0.366. The molecule has 0 bridgehead atoms. The molecule has 4 fully saturated rings. The number of ether oxygens (including phenoxy) is 4. The van der Waals surface area contributed by atoms with E-state index in [1.165, 1.54) is 53.7 Å². The number of nitrogens with one attached hydrogen (secondary N) is 5. The molecule has 0 heterocycles. The molecule has 0 aliphatic heterocycles. The Kier molecular flexibility index (Phi) is 28.9. The minimum absolute atomic E-state index is 0.0264. The first-order chi connectivity index (χ1) is 53.3. The molecule has 11 N–H and O–H groups in total. The van der Waals surface area contributed by atoms with Crippen molar-refractivity contribution in [3.8, 4) is 0 Å². The molecule has 4 aromatic rings. The van der Waals surface area contributed by atoms with Gasteiger partial charge in [-0.3, -0.25) is 38.4 Å². The number of hydrogen-bond donors (Lipinski definition) is 8. The molecule has 4 saturated carbocycles. The first-order valence-corrected chi connectivity index (χ1v) is 38.3. The molecule has 0 saturated heterocycles. The highest BCUT2D eigenvalue weighted by molar-refractivity contribution is 6.31. The van der Waals surface area contributed by atoms with Gasteiger partial charge in [0, 0.05) is 39.4 Å². The van der Waals surface area contributed by atoms with Crippen molar-refractivity contribution in [1.82, 2.24) is 0 Å². The molecule has 0 spiro atoms. The van der Waals surface area contributed by atoms with E-state index < -0.39 is 94.8 Å². The molecule has 596 valence electrons. The van der Waals surface area contributed by atoms with Crippen LogP contribution in [-0.2, 0) is 85.4 Å². The van der Waals surface area contributed by atoms with Crippen LogP contribution in [0.1, 0.15) is 160 Å². The second kappa shape index (κ2) is 37.6. The quantitative estimate of drug-likeness (QED) is 0.00698. The Morgan fingerprint density at radius 1 is 0.434 bits per heavy atom. The predicted octanol–water partition coefficient (Wildman–Crippen LogP) is 16.1. The molecule has 4 amide bonds. The molecule has 4 aromatic carbocycles. The standard InChI is InChI=1S/C93H112N8O12/c1-18-23-33-70(94)78(80-74(98-82(102)62-51-66(62)86(106)110-41-19-2)37-28-38-75(80)99-83(103)63-52-67(63)87(107)111-42-20-3)72(96)35-26-31-56(57-47-60(92(12,13)14)50-61(48-57)93(15,16)17)32-27-36-73(97)79(71(95)34-25-24-30-55-45-58(90(6,7)8)49-59(46-55)91(9,10)11)81-76(100-84(104)64-53-68(64)88(108)112-43-21-4)39-29-40-77(81)101-85(105)65-54-69(65)89(109)113-44-22-5/h18-23,25-29,31-40,45-50,62-69,96H,1-5,24,30,41-44,51-54,94-95,97H2,6-17H3,(H,98,102)(H,99,103)(H,100,104)(H,101,105)/b32-27+,33-23-,34-25-,35-26-,56-31-,73-36-,78-70+,79-71+,96-72?/t62-,63-,64-,65-,66-,67-,68-,69-/m1/s1. The number of anilines is 4. The van der Waals surface area contributed by atoms with Crippen molar-refractivity contribution in [2.24, 2.45) is 64.5 Å². The van der Waals surface area contributed by atoms with Crippen molar-refractivity contribution in [3.63, 3.8) is 0 Å². The molecule has 20 nitrogen and oxygen atoms in total. The Hall–Kier alpha value is -11.7. The second-order valence-electron chi connectivity index (χ2n) is 33.2. The van der Waals surface area contributed by atoms with Crippen molar-refractivity contribution in [2.45, 2.75) is 143 Å². The number of hydrogen-bond acceptors (Lipinski definition) is 16. The lowest BCUT2D eigenvalue weighted by atomic mass is 9.79. The van der Waals surface area contributed by atoms with Gasteiger partial charge in [0.1, 0.15) is 26.4 Å². The summed E-state index contributed by atoms with van der Waals surface area (Å²) in [4.78, 5) is 110. The Labute approximate surface area is 665 Å². The molecule has 8 atom stereocenters. The number of carbonyl (C=O) groups excluding carboxylic acids is 8. The molecular weight excluding hydrogens is 1420 g/mol. The lowest BCUT2D eigenvalue weighted by molar-refractivity contribution is -0.145. The van der Waals surface area contributed by atoms with Crippen molar-refractivity contribution >= 4 is 92.7 Å². The number of carbonyl (C=O) groups is 8. The first-order valence-electron chi connectivity index (χ1n) is 38.3. The predicted molar refractivity (Wildman–Crippen MR) is 451 cm³/mol. The van der Waals surface area contributed by atoms with E-state index in [1.54, 1.807) is 66.8 Å². The van der Waals surface area contributed by atoms with Gasteiger partial charge in [0.25, 0.3) is 0 Å². The van der Waals surface area contributed by atoms with Crippen LogP contribution in [0.3, 0.4) is 0 Å². The Morgan fingerprint density at radius 3 is 1.12 bits per heavy atom. The van der Waals surface area contributed by atoms with Gasteiger partial charge in [0.2, 0.25) is 23.6 Å². The largest absolute Gasteiger partial charge is 0.461 e. The van der Waals surface area contributed by atoms with Crippen LogP contribution < -0.4 is 38.5 Å². The highest BCUT2D eigenvalue weighted by Crippen LogP contribution is 2.47. The molecule has 113 heavy (non-hydrogen) atoms. The van der Waals surface area contributed by atoms with E-state index in [-0.39, 0.29) is 142 Å². The zero-order valence-corrected chi connectivity index (χ0v) is 67.4. The summed E-state index contributed by atoms with van der Waals surface area (Å²) in [5, 5.41) is 22.1. The van der Waals surface area contributed by atoms with Gasteiger partial charge in [-0.1, -0.05) is 231 Å². The fourth-order valence-electron chi connectivity index (χ4n) is 12.9. The van der Waals surface area contributed by atoms with Gasteiger partial charge in [0.15, 0.2) is 0 Å². The van der Waals surface area contributed by atoms with E-state index >= 15 is 0 Å². The highest BCUT2D eigenvalue weighted by atomic mass is 16.5. The Balaban J connectivity index is 1.29. The lowest BCUT2D eigenvalue weighted by Gasteiger charge is -2.26. The van der Waals surface area contributed by atoms with Gasteiger partial charge >= 0.3 is 23.9 Å². The fourth-order valence-corrected chi connectivity index (χ4v) is 12.9. The smallest absolute Gasteiger partial charge is 0.310 e. The third kappa shape index (κ3) is 23.5. The van der Waals surface area contributed by atoms with E-state index in [4.69, 9.17) is 36.1 Å². The summed E-state index contributed by atoms with van der Waals surface area (Å²) < 4.78 is 21.2. The van der Waals surface area contributed by atoms with Crippen molar-refractivity contribution in [1.29, 1.82) is 5.41 Å². The van der Waals surface area contributed by atoms with Gasteiger partial charge in [-0.2, -0.15) is 0 Å². The monoisotopic (exact) mass is 1530 g/mol. The summed E-state index contributed by atoms with van der Waals surface area (Å²) in [6.07, 6.45) is 26.4. The molecule has 8 rings (SSSR count). The SMILES string of the molecule is C=C/C=C\C(N)=C(\C(=N)\C=C/C=C(/C=C/C=C(N)/C(=C(N)/C=C\CCc1cc(C(C)(C)C)cc(C(C)(C)C)c1)c1c(NC(=O)[C@@H]2C[C@H]2C(=O)OCC=C)cccc1NC(=O)[C@@H]1C[C@H]1C(=O)OCC=C)c1cc(C(C)(C)C)cc(C(C)(C)C)c1)c1c(NC(=O)[C@@H]2C[C@H]2C(=O)OCC=C)cccc1NC(=O)[C@@H]1C[C@H]1C(=O)OCC=C. The Bertz CT molecular complexity index is 4470. The van der Waals surface area contributed by atoms with E-state index in [1.807, 2.05) is 18.2 Å². The maximum absolute atomic E-state index is 14.5. The minimum Gasteiger partial charge on any atom is -0.461 e. The van der Waals surface area contributed by atoms with Crippen LogP contribution >= 0.6 is 0 Å². The minimum atomic E-state index is -0.758. The van der Waals surface area contributed by atoms with E-state index in [0.29, 0.717) is 18.4 Å². The average molecular weight is 1530 g/mol. The summed E-state index contributed by atoms with van der Waals surface area (Å²) in [6.45, 7) is 44.2. The van der Waals surface area contributed by atoms with Crippen molar-refractivity contribution < 1.29 is 57.3 Å². The molecule has 0 unspecified atom stereocenters. The number of nitrogens with two attached hydrogens (primary N) is 3. The van der Waals surface area contributed by atoms with Crippen LogP contribution in [0.4, 0.5) is 22.7 Å². The van der Waals surface area contributed by atoms with Gasteiger partial charge in [-0.25, -0.2) is 0 Å². The van der Waals surface area contributed by atoms with E-state index in [0.717, 1.165) is 22.3 Å². The van der Waals surface area contributed by atoms with E-state index in [2.05, 4.69) is 174 Å². The van der Waals surface area contributed by atoms with Crippen LogP contribution in [0.2, 0.25) is 0 Å². The number of aryl methyl sites for hydroxylation is 1. The van der Waals surface area contributed by atoms with Crippen LogP contribution in [0.5, 0.6) is 0 Å². The molecule has 4 aliphatic rings. The first kappa shape index (κ1) is 86.9. The number of esters is 4. The van der Waals surface area contributed by atoms with Crippen LogP contribution in [0.15, 0.2) is 214 Å². The van der Waals surface area contributed by atoms with Gasteiger partial charge in [-0.15, -0.1) is 0 Å². The van der Waals surface area contributed by atoms with Crippen LogP contribution in [0, 0.1) is 52.8 Å². The van der Waals surface area contributed by atoms with Crippen LogP contribution in [-0.4, -0.2) is 79.6 Å². The molecular formula is C93H112N8O12. The summed E-state index contributed by atoms with van der Waals surface area (Å²) >= 11 is 0. The van der Waals surface area contributed by atoms with Crippen molar-refractivity contribution in [2.75, 3.05) is 47.7 Å². The molecule has 0 aromatic heterocycles. The third-order valence-electron chi connectivity index (χ3n) is 20.0.